The van der Waals surface area contributed by atoms with Crippen LogP contribution in [0.5, 0.6) is 0 Å². The first kappa shape index (κ1) is 11.5. The summed E-state index contributed by atoms with van der Waals surface area (Å²) in [6.45, 7) is 8.16. The third-order valence-electron chi connectivity index (χ3n) is 0.786. The van der Waals surface area contributed by atoms with Crippen LogP contribution in [0.3, 0.4) is 0 Å². The van der Waals surface area contributed by atoms with Gasteiger partial charge in [-0.15, -0.1) is 0 Å². The van der Waals surface area contributed by atoms with Crippen LogP contribution < -0.4 is 26.9 Å². The van der Waals surface area contributed by atoms with Crippen LogP contribution in [0.25, 0.3) is 0 Å². The Hall–Kier alpha value is 0.490. The van der Waals surface area contributed by atoms with Crippen molar-refractivity contribution in [3.63, 3.8) is 0 Å². The maximum absolute atomic E-state index is 5.88. The number of hydrogen-bond donors (Lipinski definition) is 1. The van der Waals surface area contributed by atoms with E-state index in [1.807, 2.05) is 27.7 Å². The molecule has 0 spiro atoms. The second-order valence-electron chi connectivity index (χ2n) is 3.27. The third kappa shape index (κ3) is 6.87. The average Bonchev–Trinajstić information content (AvgIpc) is 1.55. The Labute approximate surface area is 83.9 Å². The molecule has 0 aromatic heterocycles. The summed E-state index contributed by atoms with van der Waals surface area (Å²) in [5.74, 6) is 0. The summed E-state index contributed by atoms with van der Waals surface area (Å²) in [5, 5.41) is 2.41. The standard InChI is InChI=1S/C7H14IN2S/c1-6(2,9)8-7(3,4)10-5-11/h9H2,1-4H3/q-1. The van der Waals surface area contributed by atoms with E-state index in [2.05, 4.69) is 22.4 Å². The molecule has 66 valence electrons. The molecule has 0 saturated heterocycles. The van der Waals surface area contributed by atoms with Crippen molar-refractivity contribution >= 4 is 17.4 Å². The van der Waals surface area contributed by atoms with Crippen LogP contribution in [0.1, 0.15) is 27.7 Å². The monoisotopic (exact) mass is 285 g/mol. The molecule has 0 aromatic rings. The molecule has 0 aliphatic heterocycles. The van der Waals surface area contributed by atoms with Gasteiger partial charge in [-0.3, -0.25) is 0 Å². The van der Waals surface area contributed by atoms with Gasteiger partial charge in [-0.2, -0.15) is 0 Å². The van der Waals surface area contributed by atoms with E-state index in [0.717, 1.165) is 0 Å². The molecular weight excluding hydrogens is 271 g/mol. The van der Waals surface area contributed by atoms with Crippen LogP contribution in [-0.4, -0.2) is 12.3 Å². The van der Waals surface area contributed by atoms with E-state index in [1.165, 1.54) is 0 Å². The Morgan fingerprint density at radius 2 is 1.82 bits per heavy atom. The van der Waals surface area contributed by atoms with Crippen LogP contribution in [0.4, 0.5) is 0 Å². The topological polar surface area (TPSA) is 38.4 Å². The Kier molecular flexibility index (Phi) is 4.11. The molecule has 0 aliphatic carbocycles. The van der Waals surface area contributed by atoms with Crippen LogP contribution in [-0.2, 0) is 0 Å². The fourth-order valence-electron chi connectivity index (χ4n) is 0.726. The first-order chi connectivity index (χ1) is 4.77. The molecule has 4 heteroatoms. The number of halogens is 1. The van der Waals surface area contributed by atoms with Crippen molar-refractivity contribution in [2.75, 3.05) is 0 Å². The number of nitrogens with two attached hydrogens (primary N) is 1. The van der Waals surface area contributed by atoms with Gasteiger partial charge in [0.1, 0.15) is 0 Å². The molecule has 0 fully saturated rings. The molecule has 0 aliphatic rings. The minimum atomic E-state index is -0.189. The molecule has 0 unspecified atom stereocenters. The van der Waals surface area contributed by atoms with Crippen molar-refractivity contribution in [3.05, 3.63) is 0 Å². The summed E-state index contributed by atoms with van der Waals surface area (Å²) < 4.78 is -0.156. The minimum absolute atomic E-state index is 0.0706. The SMILES string of the molecule is CC(C)(N)[I-]C(C)(C)N=C=S. The van der Waals surface area contributed by atoms with Crippen molar-refractivity contribution in [1.29, 1.82) is 0 Å². The summed E-state index contributed by atoms with van der Waals surface area (Å²) >= 11 is 4.36. The number of nitrogens with zero attached hydrogens (tertiary/aromatic N) is 1. The predicted octanol–water partition coefficient (Wildman–Crippen LogP) is -1.39. The van der Waals surface area contributed by atoms with E-state index in [9.17, 15) is 0 Å². The third-order valence-corrected chi connectivity index (χ3v) is 3.83. The number of thiocarbonyl (C=S) groups is 1. The number of aliphatic imine (C=N–C) groups is 1. The van der Waals surface area contributed by atoms with Crippen molar-refractivity contribution in [3.8, 4) is 0 Å². The van der Waals surface area contributed by atoms with Gasteiger partial charge in [0.05, 0.1) is 0 Å². The average molecular weight is 285 g/mol. The second kappa shape index (κ2) is 3.94. The van der Waals surface area contributed by atoms with Crippen LogP contribution >= 0.6 is 12.2 Å². The normalized spacial score (nSPS) is 12.8. The summed E-state index contributed by atoms with van der Waals surface area (Å²) in [6, 6.07) is 0. The van der Waals surface area contributed by atoms with Gasteiger partial charge in [-0.1, -0.05) is 0 Å². The molecule has 0 bridgehead atoms. The van der Waals surface area contributed by atoms with Crippen molar-refractivity contribution in [2.24, 2.45) is 10.7 Å². The zero-order valence-electron chi connectivity index (χ0n) is 7.31. The van der Waals surface area contributed by atoms with E-state index >= 15 is 0 Å². The van der Waals surface area contributed by atoms with Gasteiger partial charge in [0, 0.05) is 0 Å². The second-order valence-corrected chi connectivity index (χ2v) is 9.41. The molecule has 0 heterocycles. The molecule has 0 aromatic carbocycles. The van der Waals surface area contributed by atoms with Crippen molar-refractivity contribution in [1.82, 2.24) is 0 Å². The van der Waals surface area contributed by atoms with Gasteiger partial charge in [-0.05, 0) is 0 Å². The first-order valence-corrected chi connectivity index (χ1v) is 5.88. The van der Waals surface area contributed by atoms with Gasteiger partial charge < -0.3 is 0 Å². The Morgan fingerprint density at radius 3 is 2.09 bits per heavy atom. The van der Waals surface area contributed by atoms with Gasteiger partial charge in [0.25, 0.3) is 0 Å². The van der Waals surface area contributed by atoms with Crippen LogP contribution in [0.2, 0.25) is 0 Å². The fraction of sp³-hybridized carbons (Fsp3) is 0.857. The predicted molar refractivity (Wildman–Crippen MR) is 47.4 cm³/mol. The van der Waals surface area contributed by atoms with Gasteiger partial charge in [0.2, 0.25) is 0 Å². The molecule has 2 N–H and O–H groups in total. The fourth-order valence-corrected chi connectivity index (χ4v) is 4.76. The summed E-state index contributed by atoms with van der Waals surface area (Å²) in [6.07, 6.45) is 0. The van der Waals surface area contributed by atoms with E-state index in [-0.39, 0.29) is 28.3 Å². The molecular formula is C7H14IN2S-. The quantitative estimate of drug-likeness (QED) is 0.228. The summed E-state index contributed by atoms with van der Waals surface area (Å²) in [5.41, 5.74) is 5.88. The zero-order chi connectivity index (χ0) is 9.12. The van der Waals surface area contributed by atoms with Gasteiger partial charge in [0.15, 0.2) is 0 Å². The number of hydrogen-bond acceptors (Lipinski definition) is 3. The van der Waals surface area contributed by atoms with E-state index in [4.69, 9.17) is 5.73 Å². The Morgan fingerprint density at radius 1 is 1.36 bits per heavy atom. The van der Waals surface area contributed by atoms with E-state index in [1.54, 1.807) is 0 Å². The molecule has 0 amide bonds. The van der Waals surface area contributed by atoms with Crippen LogP contribution in [0, 0.1) is 0 Å². The van der Waals surface area contributed by atoms with Gasteiger partial charge >= 0.3 is 84.1 Å². The Bertz CT molecular complexity index is 177. The van der Waals surface area contributed by atoms with Crippen molar-refractivity contribution in [2.45, 2.75) is 34.8 Å². The Balaban J connectivity index is 4.24. The zero-order valence-corrected chi connectivity index (χ0v) is 10.3. The van der Waals surface area contributed by atoms with Gasteiger partial charge in [-0.25, -0.2) is 0 Å². The van der Waals surface area contributed by atoms with Crippen LogP contribution in [0.15, 0.2) is 4.99 Å². The molecule has 0 rings (SSSR count). The summed E-state index contributed by atoms with van der Waals surface area (Å²) in [7, 11) is 0. The molecule has 0 radical (unpaired) electrons. The van der Waals surface area contributed by atoms with E-state index < -0.39 is 0 Å². The number of alkyl halides is 2. The van der Waals surface area contributed by atoms with Crippen molar-refractivity contribution < 1.29 is 21.2 Å². The molecule has 0 saturated carbocycles. The number of isothiocyanates is 1. The first-order valence-electron chi connectivity index (χ1n) is 3.32. The maximum atomic E-state index is 5.88. The van der Waals surface area contributed by atoms with E-state index in [0.29, 0.717) is 0 Å². The molecule has 11 heavy (non-hydrogen) atoms. The molecule has 2 nitrogen and oxygen atoms in total. The molecule has 0 atom stereocenters. The number of rotatable bonds is 3. The summed E-state index contributed by atoms with van der Waals surface area (Å²) in [4.78, 5) is 4.08.